The fraction of sp³-hybridized carbons (Fsp3) is 0.0392. The molecule has 11 aromatic rings. The van der Waals surface area contributed by atoms with Gasteiger partial charge in [0.15, 0.2) is 0 Å². The molecule has 11 rings (SSSR count). The number of hydrogen-bond donors (Lipinski definition) is 0. The third-order valence-corrected chi connectivity index (χ3v) is 12.3. The van der Waals surface area contributed by atoms with Crippen LogP contribution in [0.4, 0.5) is 0 Å². The Morgan fingerprint density at radius 1 is 0.444 bits per heavy atom. The van der Waals surface area contributed by atoms with Crippen LogP contribution < -0.4 is 0 Å². The van der Waals surface area contributed by atoms with E-state index in [-0.39, 0.29) is 0 Å². The first-order chi connectivity index (χ1) is 26.7. The molecular weight excluding hydrogens is 673 g/mol. The van der Waals surface area contributed by atoms with Crippen molar-refractivity contribution in [3.05, 3.63) is 182 Å². The van der Waals surface area contributed by atoms with Gasteiger partial charge in [0.05, 0.1) is 16.7 Å². The largest absolute Gasteiger partial charge is 0.296 e. The lowest BCUT2D eigenvalue weighted by Gasteiger charge is -2.21. The molecule has 0 unspecified atom stereocenters. The zero-order valence-electron chi connectivity index (χ0n) is 29.8. The van der Waals surface area contributed by atoms with E-state index in [2.05, 4.69) is 187 Å². The number of nitrogens with zero attached hydrogens (tertiary/aromatic N) is 2. The van der Waals surface area contributed by atoms with E-state index >= 15 is 0 Å². The fourth-order valence-corrected chi connectivity index (χ4v) is 9.84. The molecule has 0 aliphatic carbocycles. The Morgan fingerprint density at radius 2 is 1.07 bits per heavy atom. The summed E-state index contributed by atoms with van der Waals surface area (Å²) in [7, 11) is 0. The SMILES string of the molecule is CCc1nc2ccccc2n1-c1ccc(-c2c3ccccc3c(-c3ccc4sc5ccccc5c4c3)c3cc(-c4ccccc4)ccc23)c2ccccc12. The van der Waals surface area contributed by atoms with Gasteiger partial charge in [0.25, 0.3) is 0 Å². The van der Waals surface area contributed by atoms with E-state index in [9.17, 15) is 0 Å². The maximum Gasteiger partial charge on any atom is 0.114 e. The normalized spacial score (nSPS) is 11.9. The van der Waals surface area contributed by atoms with Crippen LogP contribution in [0.5, 0.6) is 0 Å². The van der Waals surface area contributed by atoms with Crippen LogP contribution in [0.1, 0.15) is 12.7 Å². The van der Waals surface area contributed by atoms with Crippen molar-refractivity contribution in [2.24, 2.45) is 0 Å². The Bertz CT molecular complexity index is 3260. The molecular formula is C51H34N2S. The molecule has 0 amide bonds. The quantitative estimate of drug-likeness (QED) is 0.163. The number of aromatic nitrogens is 2. The van der Waals surface area contributed by atoms with Crippen molar-refractivity contribution < 1.29 is 0 Å². The molecule has 0 N–H and O–H groups in total. The van der Waals surface area contributed by atoms with E-state index in [1.165, 1.54) is 85.9 Å². The average Bonchev–Trinajstić information content (AvgIpc) is 3.80. The van der Waals surface area contributed by atoms with Gasteiger partial charge in [-0.2, -0.15) is 0 Å². The topological polar surface area (TPSA) is 17.8 Å². The van der Waals surface area contributed by atoms with Gasteiger partial charge in [0.1, 0.15) is 5.82 Å². The second-order valence-corrected chi connectivity index (χ2v) is 15.2. The minimum Gasteiger partial charge on any atom is -0.296 e. The molecule has 0 fully saturated rings. The zero-order chi connectivity index (χ0) is 35.8. The fourth-order valence-electron chi connectivity index (χ4n) is 8.75. The lowest BCUT2D eigenvalue weighted by molar-refractivity contribution is 0.913. The molecule has 0 saturated carbocycles. The number of rotatable bonds is 5. The third kappa shape index (κ3) is 4.68. The molecule has 2 nitrogen and oxygen atoms in total. The van der Waals surface area contributed by atoms with Crippen molar-refractivity contribution >= 4 is 74.9 Å². The molecule has 2 aromatic heterocycles. The predicted molar refractivity (Wildman–Crippen MR) is 232 cm³/mol. The first-order valence-electron chi connectivity index (χ1n) is 18.7. The number of benzene rings is 9. The molecule has 0 aliphatic heterocycles. The van der Waals surface area contributed by atoms with E-state index in [0.717, 1.165) is 29.0 Å². The maximum absolute atomic E-state index is 5.04. The highest BCUT2D eigenvalue weighted by atomic mass is 32.1. The highest BCUT2D eigenvalue weighted by Crippen LogP contribution is 2.48. The van der Waals surface area contributed by atoms with Crippen LogP contribution in [0.3, 0.4) is 0 Å². The average molecular weight is 707 g/mol. The Labute approximate surface area is 317 Å². The molecule has 0 radical (unpaired) electrons. The molecule has 0 bridgehead atoms. The number of hydrogen-bond acceptors (Lipinski definition) is 2. The van der Waals surface area contributed by atoms with Crippen LogP contribution in [0.15, 0.2) is 176 Å². The zero-order valence-corrected chi connectivity index (χ0v) is 30.6. The summed E-state index contributed by atoms with van der Waals surface area (Å²) >= 11 is 1.87. The van der Waals surface area contributed by atoms with Crippen LogP contribution in [0, 0.1) is 0 Å². The summed E-state index contributed by atoms with van der Waals surface area (Å²) in [6.07, 6.45) is 0.845. The lowest BCUT2D eigenvalue weighted by atomic mass is 9.83. The van der Waals surface area contributed by atoms with Crippen molar-refractivity contribution in [2.45, 2.75) is 13.3 Å². The molecule has 0 aliphatic rings. The number of aryl methyl sites for hydroxylation is 1. The number of fused-ring (bicyclic) bond motifs is 7. The predicted octanol–water partition coefficient (Wildman–Crippen LogP) is 14.4. The summed E-state index contributed by atoms with van der Waals surface area (Å²) in [5.74, 6) is 1.07. The molecule has 9 aromatic carbocycles. The second kappa shape index (κ2) is 12.3. The second-order valence-electron chi connectivity index (χ2n) is 14.1. The Kier molecular flexibility index (Phi) is 7.05. The maximum atomic E-state index is 5.04. The van der Waals surface area contributed by atoms with Crippen molar-refractivity contribution in [3.8, 4) is 39.1 Å². The molecule has 54 heavy (non-hydrogen) atoms. The molecule has 0 spiro atoms. The van der Waals surface area contributed by atoms with Gasteiger partial charge in [-0.25, -0.2) is 4.98 Å². The Hall–Kier alpha value is -6.55. The lowest BCUT2D eigenvalue weighted by Crippen LogP contribution is -2.01. The third-order valence-electron chi connectivity index (χ3n) is 11.2. The van der Waals surface area contributed by atoms with Gasteiger partial charge in [-0.1, -0.05) is 140 Å². The number of thiophene rings is 1. The van der Waals surface area contributed by atoms with Gasteiger partial charge in [0, 0.05) is 32.0 Å². The van der Waals surface area contributed by atoms with Crippen LogP contribution in [0.2, 0.25) is 0 Å². The van der Waals surface area contributed by atoms with Gasteiger partial charge in [-0.05, 0) is 103 Å². The van der Waals surface area contributed by atoms with Crippen molar-refractivity contribution in [2.75, 3.05) is 0 Å². The van der Waals surface area contributed by atoms with Crippen molar-refractivity contribution in [1.29, 1.82) is 0 Å². The summed E-state index contributed by atoms with van der Waals surface area (Å²) in [6.45, 7) is 2.19. The van der Waals surface area contributed by atoms with Gasteiger partial charge in [-0.3, -0.25) is 4.57 Å². The highest BCUT2D eigenvalue weighted by Gasteiger charge is 2.21. The summed E-state index contributed by atoms with van der Waals surface area (Å²) in [6, 6.07) is 64.8. The van der Waals surface area contributed by atoms with E-state index in [4.69, 9.17) is 4.98 Å². The van der Waals surface area contributed by atoms with Gasteiger partial charge in [0.2, 0.25) is 0 Å². The van der Waals surface area contributed by atoms with Gasteiger partial charge in [-0.15, -0.1) is 11.3 Å². The minimum absolute atomic E-state index is 0.845. The molecule has 0 saturated heterocycles. The van der Waals surface area contributed by atoms with E-state index in [1.54, 1.807) is 0 Å². The smallest absolute Gasteiger partial charge is 0.114 e. The summed E-state index contributed by atoms with van der Waals surface area (Å²) in [5, 5.41) is 10.1. The standard InChI is InChI=1S/C51H34N2S/c1-2-49-52-44-21-11-12-22-46(44)53(49)45-28-27-40(35-16-6-7-17-36(35)45)51-39-20-9-8-19-38(39)50(43-30-33(24-26-41(43)51)32-14-4-3-5-15-32)34-25-29-48-42(31-34)37-18-10-13-23-47(37)54-48/h3-31H,2H2,1H3. The summed E-state index contributed by atoms with van der Waals surface area (Å²) in [4.78, 5) is 5.04. The molecule has 2 heterocycles. The summed E-state index contributed by atoms with van der Waals surface area (Å²) < 4.78 is 5.00. The van der Waals surface area contributed by atoms with E-state index < -0.39 is 0 Å². The van der Waals surface area contributed by atoms with Crippen LogP contribution in [-0.4, -0.2) is 9.55 Å². The van der Waals surface area contributed by atoms with E-state index in [1.807, 2.05) is 11.3 Å². The Balaban J connectivity index is 1.24. The highest BCUT2D eigenvalue weighted by molar-refractivity contribution is 7.25. The van der Waals surface area contributed by atoms with Crippen molar-refractivity contribution in [3.63, 3.8) is 0 Å². The monoisotopic (exact) mass is 706 g/mol. The molecule has 3 heteroatoms. The van der Waals surface area contributed by atoms with E-state index in [0.29, 0.717) is 0 Å². The van der Waals surface area contributed by atoms with Crippen LogP contribution in [0.25, 0.3) is 103 Å². The summed E-state index contributed by atoms with van der Waals surface area (Å²) in [5.41, 5.74) is 10.8. The minimum atomic E-state index is 0.845. The Morgan fingerprint density at radius 3 is 1.91 bits per heavy atom. The number of para-hydroxylation sites is 2. The molecule has 254 valence electrons. The van der Waals surface area contributed by atoms with Gasteiger partial charge < -0.3 is 0 Å². The van der Waals surface area contributed by atoms with Crippen molar-refractivity contribution in [1.82, 2.24) is 9.55 Å². The van der Waals surface area contributed by atoms with Crippen LogP contribution in [-0.2, 0) is 6.42 Å². The first-order valence-corrected chi connectivity index (χ1v) is 19.5. The number of imidazole rings is 1. The molecule has 0 atom stereocenters. The van der Waals surface area contributed by atoms with Gasteiger partial charge >= 0.3 is 0 Å². The first kappa shape index (κ1) is 31.0. The van der Waals surface area contributed by atoms with Crippen LogP contribution >= 0.6 is 11.3 Å².